The molecular formula is C14H22N4O. The van der Waals surface area contributed by atoms with E-state index in [1.54, 1.807) is 0 Å². The van der Waals surface area contributed by atoms with Gasteiger partial charge in [-0.1, -0.05) is 6.92 Å². The Morgan fingerprint density at radius 1 is 1.32 bits per heavy atom. The molecule has 2 atom stereocenters. The van der Waals surface area contributed by atoms with Gasteiger partial charge in [-0.15, -0.1) is 0 Å². The number of hydrogen-bond donors (Lipinski definition) is 2. The Kier molecular flexibility index (Phi) is 3.31. The molecule has 1 aromatic rings. The Morgan fingerprint density at radius 2 is 2.11 bits per heavy atom. The number of aliphatic hydroxyl groups is 1. The third kappa shape index (κ3) is 2.66. The molecule has 0 aromatic carbocycles. The summed E-state index contributed by atoms with van der Waals surface area (Å²) in [5, 5.41) is 12.9. The number of rotatable bonds is 3. The van der Waals surface area contributed by atoms with Crippen LogP contribution in [0.2, 0.25) is 0 Å². The van der Waals surface area contributed by atoms with Gasteiger partial charge < -0.3 is 15.3 Å². The molecular weight excluding hydrogens is 240 g/mol. The summed E-state index contributed by atoms with van der Waals surface area (Å²) in [6.45, 7) is 3.83. The van der Waals surface area contributed by atoms with Crippen LogP contribution in [0.3, 0.4) is 0 Å². The van der Waals surface area contributed by atoms with E-state index >= 15 is 0 Å². The van der Waals surface area contributed by atoms with Crippen LogP contribution in [0.5, 0.6) is 0 Å². The summed E-state index contributed by atoms with van der Waals surface area (Å²) >= 11 is 0. The lowest BCUT2D eigenvalue weighted by molar-refractivity contribution is 0.0969. The highest BCUT2D eigenvalue weighted by molar-refractivity contribution is 5.50. The van der Waals surface area contributed by atoms with Crippen molar-refractivity contribution < 1.29 is 5.11 Å². The number of nitrogens with one attached hydrogen (secondary N) is 1. The standard InChI is InChI=1S/C14H22N4O/c1-9-8-18(6-5-11(9)19)13-7-12(15-2)16-14(17-13)10-3-4-10/h7,9-11,19H,3-6,8H2,1-2H3,(H,15,16,17). The van der Waals surface area contributed by atoms with Gasteiger partial charge in [0.25, 0.3) is 0 Å². The molecule has 19 heavy (non-hydrogen) atoms. The first-order chi connectivity index (χ1) is 9.17. The molecule has 1 aliphatic carbocycles. The fourth-order valence-electron chi connectivity index (χ4n) is 2.61. The first-order valence-corrected chi connectivity index (χ1v) is 7.17. The van der Waals surface area contributed by atoms with Crippen molar-refractivity contribution >= 4 is 11.6 Å². The van der Waals surface area contributed by atoms with Gasteiger partial charge in [0.15, 0.2) is 0 Å². The molecule has 104 valence electrons. The predicted molar refractivity (Wildman–Crippen MR) is 75.6 cm³/mol. The molecule has 2 unspecified atom stereocenters. The third-order valence-electron chi connectivity index (χ3n) is 4.11. The minimum Gasteiger partial charge on any atom is -0.393 e. The minimum atomic E-state index is -0.176. The van der Waals surface area contributed by atoms with Crippen molar-refractivity contribution in [1.29, 1.82) is 0 Å². The average molecular weight is 262 g/mol. The van der Waals surface area contributed by atoms with Crippen LogP contribution >= 0.6 is 0 Å². The first kappa shape index (κ1) is 12.7. The van der Waals surface area contributed by atoms with Crippen LogP contribution in [-0.2, 0) is 0 Å². The maximum atomic E-state index is 9.82. The van der Waals surface area contributed by atoms with E-state index in [0.717, 1.165) is 37.0 Å². The summed E-state index contributed by atoms with van der Waals surface area (Å²) in [5.74, 6) is 3.72. The fourth-order valence-corrected chi connectivity index (χ4v) is 2.61. The van der Waals surface area contributed by atoms with Crippen molar-refractivity contribution in [2.24, 2.45) is 5.92 Å². The van der Waals surface area contributed by atoms with Crippen molar-refractivity contribution in [2.45, 2.75) is 38.2 Å². The lowest BCUT2D eigenvalue weighted by atomic mass is 9.97. The molecule has 1 aromatic heterocycles. The van der Waals surface area contributed by atoms with E-state index in [4.69, 9.17) is 4.98 Å². The maximum absolute atomic E-state index is 9.82. The summed E-state index contributed by atoms with van der Waals surface area (Å²) in [7, 11) is 1.89. The summed E-state index contributed by atoms with van der Waals surface area (Å²) in [6, 6.07) is 2.01. The van der Waals surface area contributed by atoms with E-state index in [9.17, 15) is 5.11 Å². The second-order valence-corrected chi connectivity index (χ2v) is 5.77. The average Bonchev–Trinajstić information content (AvgIpc) is 3.26. The van der Waals surface area contributed by atoms with Gasteiger partial charge in [0.1, 0.15) is 17.5 Å². The number of hydrogen-bond acceptors (Lipinski definition) is 5. The van der Waals surface area contributed by atoms with Crippen LogP contribution in [-0.4, -0.2) is 41.3 Å². The number of nitrogens with zero attached hydrogens (tertiary/aromatic N) is 3. The number of piperidine rings is 1. The van der Waals surface area contributed by atoms with Crippen LogP contribution in [0, 0.1) is 5.92 Å². The summed E-state index contributed by atoms with van der Waals surface area (Å²) in [4.78, 5) is 11.5. The van der Waals surface area contributed by atoms with Crippen molar-refractivity contribution in [3.8, 4) is 0 Å². The van der Waals surface area contributed by atoms with Gasteiger partial charge in [-0.25, -0.2) is 9.97 Å². The Hall–Kier alpha value is -1.36. The van der Waals surface area contributed by atoms with Crippen molar-refractivity contribution in [3.63, 3.8) is 0 Å². The normalized spacial score (nSPS) is 27.4. The maximum Gasteiger partial charge on any atom is 0.136 e. The Morgan fingerprint density at radius 3 is 2.74 bits per heavy atom. The molecule has 2 heterocycles. The number of aromatic nitrogens is 2. The lowest BCUT2D eigenvalue weighted by Gasteiger charge is -2.35. The van der Waals surface area contributed by atoms with Gasteiger partial charge in [0, 0.05) is 32.1 Å². The molecule has 3 rings (SSSR count). The smallest absolute Gasteiger partial charge is 0.136 e. The molecule has 5 heteroatoms. The highest BCUT2D eigenvalue weighted by Crippen LogP contribution is 2.39. The van der Waals surface area contributed by atoms with Gasteiger partial charge >= 0.3 is 0 Å². The molecule has 0 amide bonds. The van der Waals surface area contributed by atoms with Gasteiger partial charge in [0.05, 0.1) is 6.10 Å². The van der Waals surface area contributed by atoms with Gasteiger partial charge in [-0.3, -0.25) is 0 Å². The van der Waals surface area contributed by atoms with Gasteiger partial charge in [-0.2, -0.15) is 0 Å². The third-order valence-corrected chi connectivity index (χ3v) is 4.11. The fraction of sp³-hybridized carbons (Fsp3) is 0.714. The molecule has 2 N–H and O–H groups in total. The first-order valence-electron chi connectivity index (χ1n) is 7.17. The van der Waals surface area contributed by atoms with E-state index < -0.39 is 0 Å². The molecule has 2 fully saturated rings. The largest absolute Gasteiger partial charge is 0.393 e. The Bertz CT molecular complexity index is 461. The molecule has 1 aliphatic heterocycles. The van der Waals surface area contributed by atoms with Gasteiger partial charge in [0.2, 0.25) is 0 Å². The van der Waals surface area contributed by atoms with Crippen LogP contribution < -0.4 is 10.2 Å². The van der Waals surface area contributed by atoms with Crippen molar-refractivity contribution in [3.05, 3.63) is 11.9 Å². The molecule has 0 radical (unpaired) electrons. The lowest BCUT2D eigenvalue weighted by Crippen LogP contribution is -2.42. The molecule has 2 aliphatic rings. The topological polar surface area (TPSA) is 61.3 Å². The highest BCUT2D eigenvalue weighted by atomic mass is 16.3. The van der Waals surface area contributed by atoms with Crippen LogP contribution in [0.1, 0.15) is 37.9 Å². The van der Waals surface area contributed by atoms with Crippen LogP contribution in [0.25, 0.3) is 0 Å². The van der Waals surface area contributed by atoms with Crippen molar-refractivity contribution in [2.75, 3.05) is 30.4 Å². The second-order valence-electron chi connectivity index (χ2n) is 5.77. The van der Waals surface area contributed by atoms with Crippen molar-refractivity contribution in [1.82, 2.24) is 9.97 Å². The summed E-state index contributed by atoms with van der Waals surface area (Å²) in [5.41, 5.74) is 0. The monoisotopic (exact) mass is 262 g/mol. The molecule has 5 nitrogen and oxygen atoms in total. The van der Waals surface area contributed by atoms with Crippen LogP contribution in [0.4, 0.5) is 11.6 Å². The quantitative estimate of drug-likeness (QED) is 0.866. The minimum absolute atomic E-state index is 0.176. The Labute approximate surface area is 114 Å². The van der Waals surface area contributed by atoms with Gasteiger partial charge in [-0.05, 0) is 25.2 Å². The number of aliphatic hydroxyl groups excluding tert-OH is 1. The predicted octanol–water partition coefficient (Wildman–Crippen LogP) is 1.60. The zero-order valence-corrected chi connectivity index (χ0v) is 11.6. The van der Waals surface area contributed by atoms with E-state index in [0.29, 0.717) is 11.8 Å². The Balaban J connectivity index is 1.84. The highest BCUT2D eigenvalue weighted by Gasteiger charge is 2.29. The van der Waals surface area contributed by atoms with E-state index in [2.05, 4.69) is 22.1 Å². The van der Waals surface area contributed by atoms with E-state index in [1.807, 2.05) is 13.1 Å². The SMILES string of the molecule is CNc1cc(N2CCC(O)C(C)C2)nc(C2CC2)n1. The zero-order chi connectivity index (χ0) is 13.4. The molecule has 1 saturated heterocycles. The second kappa shape index (κ2) is 4.96. The number of anilines is 2. The molecule has 1 saturated carbocycles. The zero-order valence-electron chi connectivity index (χ0n) is 11.6. The van der Waals surface area contributed by atoms with E-state index in [-0.39, 0.29) is 6.10 Å². The van der Waals surface area contributed by atoms with E-state index in [1.165, 1.54) is 12.8 Å². The molecule has 0 bridgehead atoms. The molecule has 0 spiro atoms. The summed E-state index contributed by atoms with van der Waals surface area (Å²) < 4.78 is 0. The summed E-state index contributed by atoms with van der Waals surface area (Å²) in [6.07, 6.45) is 3.06. The van der Waals surface area contributed by atoms with Crippen LogP contribution in [0.15, 0.2) is 6.07 Å².